The third-order valence-corrected chi connectivity index (χ3v) is 3.36. The van der Waals surface area contributed by atoms with E-state index in [1.807, 2.05) is 25.2 Å². The maximum Gasteiger partial charge on any atom is 0.152 e. The fraction of sp³-hybridized carbons (Fsp3) is 0.500. The Balaban J connectivity index is 2.65. The number of alkyl halides is 1. The summed E-state index contributed by atoms with van der Waals surface area (Å²) in [5.41, 5.74) is 0. The fourth-order valence-electron chi connectivity index (χ4n) is 1.24. The molecule has 0 bridgehead atoms. The predicted molar refractivity (Wildman–Crippen MR) is 59.6 cm³/mol. The topological polar surface area (TPSA) is 17.1 Å². The molecule has 1 rings (SSSR count). The van der Waals surface area contributed by atoms with Crippen molar-refractivity contribution in [3.63, 3.8) is 0 Å². The molecule has 0 heterocycles. The summed E-state index contributed by atoms with van der Waals surface area (Å²) < 4.78 is -0.247. The van der Waals surface area contributed by atoms with Gasteiger partial charge < -0.3 is 0 Å². The minimum atomic E-state index is -0.247. The molecule has 1 nitrogen and oxygen atoms in total. The first kappa shape index (κ1) is 9.96. The van der Waals surface area contributed by atoms with Crippen molar-refractivity contribution in [2.75, 3.05) is 0 Å². The van der Waals surface area contributed by atoms with Gasteiger partial charge in [0, 0.05) is 6.42 Å². The van der Waals surface area contributed by atoms with Gasteiger partial charge in [-0.15, -0.1) is 0 Å². The normalized spacial score (nSPS) is 27.5. The summed E-state index contributed by atoms with van der Waals surface area (Å²) in [5, 5.41) is 0. The number of allylic oxidation sites excluding steroid dienone is 4. The second-order valence-corrected chi connectivity index (χ2v) is 4.95. The summed E-state index contributed by atoms with van der Waals surface area (Å²) in [6.45, 7) is 2.04. The van der Waals surface area contributed by atoms with Crippen molar-refractivity contribution < 1.29 is 4.79 Å². The Labute approximate surface area is 87.1 Å². The van der Waals surface area contributed by atoms with Gasteiger partial charge in [-0.1, -0.05) is 53.8 Å². The molecule has 0 fully saturated rings. The molecule has 0 saturated carbocycles. The van der Waals surface area contributed by atoms with E-state index >= 15 is 0 Å². The Morgan fingerprint density at radius 1 is 1.58 bits per heavy atom. The van der Waals surface area contributed by atoms with Gasteiger partial charge in [0.15, 0.2) is 5.78 Å². The van der Waals surface area contributed by atoms with Gasteiger partial charge in [0.2, 0.25) is 0 Å². The van der Waals surface area contributed by atoms with E-state index in [1.165, 1.54) is 0 Å². The first-order valence-electron chi connectivity index (χ1n) is 4.25. The molecule has 1 aliphatic carbocycles. The van der Waals surface area contributed by atoms with Crippen LogP contribution >= 0.6 is 22.6 Å². The van der Waals surface area contributed by atoms with Gasteiger partial charge in [0.1, 0.15) is 3.42 Å². The Morgan fingerprint density at radius 2 is 2.33 bits per heavy atom. The average molecular weight is 276 g/mol. The molecule has 1 aliphatic rings. The maximum absolute atomic E-state index is 11.6. The predicted octanol–water partition coefficient (Wildman–Crippen LogP) is 3.05. The third kappa shape index (κ3) is 2.19. The number of Topliss-reactive ketones (excluding diaryl/α,β-unsaturated/α-hetero) is 1. The molecule has 0 aromatic carbocycles. The summed E-state index contributed by atoms with van der Waals surface area (Å²) >= 11 is 2.25. The zero-order valence-electron chi connectivity index (χ0n) is 7.22. The van der Waals surface area contributed by atoms with Crippen molar-refractivity contribution in [3.8, 4) is 0 Å². The van der Waals surface area contributed by atoms with Crippen LogP contribution in [0, 0.1) is 0 Å². The molecule has 0 N–H and O–H groups in total. The highest BCUT2D eigenvalue weighted by molar-refractivity contribution is 14.1. The van der Waals surface area contributed by atoms with Crippen LogP contribution in [0.3, 0.4) is 0 Å². The molecule has 0 aromatic heterocycles. The van der Waals surface area contributed by atoms with E-state index in [0.29, 0.717) is 12.2 Å². The highest BCUT2D eigenvalue weighted by atomic mass is 127. The van der Waals surface area contributed by atoms with E-state index < -0.39 is 0 Å². The second-order valence-electron chi connectivity index (χ2n) is 3.03. The molecule has 66 valence electrons. The summed E-state index contributed by atoms with van der Waals surface area (Å²) in [4.78, 5) is 11.6. The van der Waals surface area contributed by atoms with Crippen molar-refractivity contribution in [2.24, 2.45) is 0 Å². The minimum absolute atomic E-state index is 0.247. The number of rotatable bonds is 3. The van der Waals surface area contributed by atoms with E-state index in [0.717, 1.165) is 12.8 Å². The van der Waals surface area contributed by atoms with Crippen LogP contribution in [-0.2, 0) is 4.79 Å². The minimum Gasteiger partial charge on any atom is -0.298 e. The number of carbonyl (C=O) groups is 1. The van der Waals surface area contributed by atoms with Crippen LogP contribution in [0.25, 0.3) is 0 Å². The lowest BCUT2D eigenvalue weighted by atomic mass is 9.94. The lowest BCUT2D eigenvalue weighted by Crippen LogP contribution is -2.29. The molecule has 2 heteroatoms. The zero-order valence-corrected chi connectivity index (χ0v) is 9.37. The van der Waals surface area contributed by atoms with Crippen LogP contribution in [-0.4, -0.2) is 9.20 Å². The number of hydrogen-bond donors (Lipinski definition) is 0. The summed E-state index contributed by atoms with van der Waals surface area (Å²) in [6, 6.07) is 0. The average Bonchev–Trinajstić information content (AvgIpc) is 2.06. The van der Waals surface area contributed by atoms with E-state index in [1.54, 1.807) is 0 Å². The van der Waals surface area contributed by atoms with Crippen LogP contribution in [0.5, 0.6) is 0 Å². The maximum atomic E-state index is 11.6. The SMILES string of the molecule is CCCC(=O)C1(I)C=CC=CC1. The molecule has 1 atom stereocenters. The van der Waals surface area contributed by atoms with E-state index in [9.17, 15) is 4.79 Å². The largest absolute Gasteiger partial charge is 0.298 e. The highest BCUT2D eigenvalue weighted by Gasteiger charge is 2.30. The molecule has 1 unspecified atom stereocenters. The van der Waals surface area contributed by atoms with Crippen molar-refractivity contribution in [1.29, 1.82) is 0 Å². The summed E-state index contributed by atoms with van der Waals surface area (Å²) in [6.07, 6.45) is 10.5. The Morgan fingerprint density at radius 3 is 2.83 bits per heavy atom. The Bertz CT molecular complexity index is 230. The number of halogens is 1. The standard InChI is InChI=1S/C10H13IO/c1-2-6-9(12)10(11)7-4-3-5-8-10/h3-5,7H,2,6,8H2,1H3. The van der Waals surface area contributed by atoms with Crippen LogP contribution in [0.2, 0.25) is 0 Å². The molecule has 0 radical (unpaired) electrons. The molecular formula is C10H13IO. The fourth-order valence-corrected chi connectivity index (χ4v) is 1.97. The van der Waals surface area contributed by atoms with Crippen LogP contribution in [0.4, 0.5) is 0 Å². The van der Waals surface area contributed by atoms with Crippen molar-refractivity contribution in [2.45, 2.75) is 29.6 Å². The number of hydrogen-bond acceptors (Lipinski definition) is 1. The van der Waals surface area contributed by atoms with E-state index in [-0.39, 0.29) is 3.42 Å². The van der Waals surface area contributed by atoms with E-state index in [2.05, 4.69) is 28.7 Å². The third-order valence-electron chi connectivity index (χ3n) is 1.96. The second kappa shape index (κ2) is 4.21. The van der Waals surface area contributed by atoms with Crippen LogP contribution in [0.15, 0.2) is 24.3 Å². The Hall–Kier alpha value is -0.120. The quantitative estimate of drug-likeness (QED) is 0.572. The summed E-state index contributed by atoms with van der Waals surface area (Å²) in [7, 11) is 0. The molecule has 0 aliphatic heterocycles. The van der Waals surface area contributed by atoms with Gasteiger partial charge in [-0.3, -0.25) is 4.79 Å². The monoisotopic (exact) mass is 276 g/mol. The van der Waals surface area contributed by atoms with Gasteiger partial charge in [-0.25, -0.2) is 0 Å². The van der Waals surface area contributed by atoms with Gasteiger partial charge in [0.25, 0.3) is 0 Å². The highest BCUT2D eigenvalue weighted by Crippen LogP contribution is 2.30. The van der Waals surface area contributed by atoms with Crippen LogP contribution in [0.1, 0.15) is 26.2 Å². The van der Waals surface area contributed by atoms with Crippen molar-refractivity contribution >= 4 is 28.4 Å². The number of ketones is 1. The van der Waals surface area contributed by atoms with Crippen molar-refractivity contribution in [1.82, 2.24) is 0 Å². The number of carbonyl (C=O) groups excluding carboxylic acids is 1. The summed E-state index contributed by atoms with van der Waals surface area (Å²) in [5.74, 6) is 0.353. The Kier molecular flexibility index (Phi) is 3.50. The van der Waals surface area contributed by atoms with Crippen LogP contribution < -0.4 is 0 Å². The lowest BCUT2D eigenvalue weighted by molar-refractivity contribution is -0.119. The molecule has 0 amide bonds. The van der Waals surface area contributed by atoms with E-state index in [4.69, 9.17) is 0 Å². The molecule has 12 heavy (non-hydrogen) atoms. The van der Waals surface area contributed by atoms with Crippen molar-refractivity contribution in [3.05, 3.63) is 24.3 Å². The van der Waals surface area contributed by atoms with Gasteiger partial charge in [0.05, 0.1) is 0 Å². The van der Waals surface area contributed by atoms with Gasteiger partial charge in [-0.05, 0) is 12.8 Å². The lowest BCUT2D eigenvalue weighted by Gasteiger charge is -2.22. The zero-order chi connectivity index (χ0) is 9.03. The smallest absolute Gasteiger partial charge is 0.152 e. The first-order valence-corrected chi connectivity index (χ1v) is 5.33. The first-order chi connectivity index (χ1) is 5.69. The van der Waals surface area contributed by atoms with Gasteiger partial charge in [-0.2, -0.15) is 0 Å². The van der Waals surface area contributed by atoms with Gasteiger partial charge >= 0.3 is 0 Å². The molecule has 0 saturated heterocycles. The molecular weight excluding hydrogens is 263 g/mol. The molecule has 0 aromatic rings. The molecule has 0 spiro atoms.